The average molecular weight is 452 g/mol. The third kappa shape index (κ3) is 3.44. The number of rotatable bonds is 4. The highest BCUT2D eigenvalue weighted by Crippen LogP contribution is 2.42. The molecular weight excluding hydrogens is 440 g/mol. The average Bonchev–Trinajstić information content (AvgIpc) is 3.28. The zero-order valence-electron chi connectivity index (χ0n) is 15.5. The Kier molecular flexibility index (Phi) is 4.32. The molecule has 4 heterocycles. The topological polar surface area (TPSA) is 94.2 Å². The molecule has 4 aromatic rings. The minimum atomic E-state index is -4.72. The van der Waals surface area contributed by atoms with Crippen LogP contribution in [0.25, 0.3) is 16.0 Å². The van der Waals surface area contributed by atoms with Crippen LogP contribution in [0, 0.1) is 5.82 Å². The molecule has 0 atom stereocenters. The predicted molar refractivity (Wildman–Crippen MR) is 102 cm³/mol. The first kappa shape index (κ1) is 19.6. The molecule has 0 aliphatic heterocycles. The van der Waals surface area contributed by atoms with Crippen LogP contribution in [0.2, 0.25) is 0 Å². The van der Waals surface area contributed by atoms with Crippen LogP contribution in [0.4, 0.5) is 23.4 Å². The van der Waals surface area contributed by atoms with Crippen LogP contribution in [0.3, 0.4) is 0 Å². The second-order valence-corrected chi connectivity index (χ2v) is 8.08. The van der Waals surface area contributed by atoms with Gasteiger partial charge in [0.25, 0.3) is 5.56 Å². The summed E-state index contributed by atoms with van der Waals surface area (Å²) in [6, 6.07) is 2.36. The van der Waals surface area contributed by atoms with Crippen molar-refractivity contribution in [3.63, 3.8) is 0 Å². The highest BCUT2D eigenvalue weighted by molar-refractivity contribution is 7.18. The summed E-state index contributed by atoms with van der Waals surface area (Å²) in [7, 11) is 0. The molecule has 1 saturated carbocycles. The van der Waals surface area contributed by atoms with Crippen LogP contribution < -0.4 is 10.9 Å². The van der Waals surface area contributed by atoms with Crippen molar-refractivity contribution in [1.29, 1.82) is 0 Å². The standard InChI is InChI=1S/C18H12F4N6O2S/c19-9-3-4-11(23-5-9)25-12(29)7-27-15-10(8-1-2-8)6-24-28(15)14-13(16(27)30)31-17(26-14)18(20,21)22/h3-6,8H,1-2,7H2,(H,23,25,29). The van der Waals surface area contributed by atoms with Gasteiger partial charge in [0.1, 0.15) is 28.5 Å². The van der Waals surface area contributed by atoms with E-state index in [1.807, 2.05) is 0 Å². The minimum Gasteiger partial charge on any atom is -0.309 e. The zero-order valence-corrected chi connectivity index (χ0v) is 16.3. The van der Waals surface area contributed by atoms with E-state index in [-0.39, 0.29) is 39.1 Å². The first-order valence-corrected chi connectivity index (χ1v) is 9.93. The Balaban J connectivity index is 1.63. The number of hydrogen-bond acceptors (Lipinski definition) is 6. The lowest BCUT2D eigenvalue weighted by Crippen LogP contribution is -2.29. The van der Waals surface area contributed by atoms with Gasteiger partial charge in [0.05, 0.1) is 12.4 Å². The number of carbonyl (C=O) groups is 1. The van der Waals surface area contributed by atoms with Crippen molar-refractivity contribution in [2.45, 2.75) is 31.5 Å². The second kappa shape index (κ2) is 6.83. The van der Waals surface area contributed by atoms with E-state index in [1.165, 1.54) is 16.8 Å². The number of carbonyl (C=O) groups excluding carboxylic acids is 1. The Bertz CT molecular complexity index is 1380. The molecule has 1 amide bonds. The molecule has 1 N–H and O–H groups in total. The summed E-state index contributed by atoms with van der Waals surface area (Å²) in [5.74, 6) is -1.04. The van der Waals surface area contributed by atoms with Gasteiger partial charge in [0, 0.05) is 5.56 Å². The SMILES string of the molecule is O=C(Cn1c(=O)c2sc(C(F)(F)F)nc2n2ncc(C3CC3)c12)Nc1ccc(F)cn1. The maximum absolute atomic E-state index is 13.2. The van der Waals surface area contributed by atoms with Crippen LogP contribution in [-0.2, 0) is 17.5 Å². The molecule has 0 spiro atoms. The number of fused-ring (bicyclic) bond motifs is 3. The monoisotopic (exact) mass is 452 g/mol. The lowest BCUT2D eigenvalue weighted by atomic mass is 10.2. The van der Waals surface area contributed by atoms with Crippen molar-refractivity contribution < 1.29 is 22.4 Å². The molecule has 31 heavy (non-hydrogen) atoms. The van der Waals surface area contributed by atoms with Gasteiger partial charge in [0.15, 0.2) is 5.65 Å². The van der Waals surface area contributed by atoms with Gasteiger partial charge in [-0.05, 0) is 30.9 Å². The molecule has 8 nitrogen and oxygen atoms in total. The molecule has 1 aliphatic carbocycles. The van der Waals surface area contributed by atoms with E-state index >= 15 is 0 Å². The molecule has 0 unspecified atom stereocenters. The first-order chi connectivity index (χ1) is 14.7. The summed E-state index contributed by atoms with van der Waals surface area (Å²) >= 11 is 0.210. The Hall–Kier alpha value is -3.35. The lowest BCUT2D eigenvalue weighted by Gasteiger charge is -2.10. The number of nitrogens with one attached hydrogen (secondary N) is 1. The van der Waals surface area contributed by atoms with Gasteiger partial charge in [-0.3, -0.25) is 14.2 Å². The highest BCUT2D eigenvalue weighted by atomic mass is 32.1. The third-order valence-corrected chi connectivity index (χ3v) is 5.91. The number of thiazole rings is 1. The molecule has 5 rings (SSSR count). The van der Waals surface area contributed by atoms with E-state index in [0.29, 0.717) is 5.56 Å². The van der Waals surface area contributed by atoms with Crippen LogP contribution >= 0.6 is 11.3 Å². The van der Waals surface area contributed by atoms with Gasteiger partial charge in [-0.1, -0.05) is 0 Å². The quantitative estimate of drug-likeness (QED) is 0.480. The number of aromatic nitrogens is 5. The van der Waals surface area contributed by atoms with E-state index in [0.717, 1.165) is 29.7 Å². The van der Waals surface area contributed by atoms with Crippen molar-refractivity contribution in [2.75, 3.05) is 5.32 Å². The molecular formula is C18H12F4N6O2S. The third-order valence-electron chi connectivity index (χ3n) is 4.83. The molecule has 4 aromatic heterocycles. The van der Waals surface area contributed by atoms with E-state index in [1.54, 1.807) is 0 Å². The summed E-state index contributed by atoms with van der Waals surface area (Å²) in [5, 5.41) is 5.43. The summed E-state index contributed by atoms with van der Waals surface area (Å²) in [4.78, 5) is 33.0. The molecule has 0 saturated heterocycles. The molecule has 0 radical (unpaired) electrons. The van der Waals surface area contributed by atoms with Crippen molar-refractivity contribution in [2.24, 2.45) is 0 Å². The van der Waals surface area contributed by atoms with Crippen molar-refractivity contribution in [1.82, 2.24) is 24.1 Å². The highest BCUT2D eigenvalue weighted by Gasteiger charge is 2.37. The van der Waals surface area contributed by atoms with Crippen LogP contribution in [0.1, 0.15) is 29.3 Å². The van der Waals surface area contributed by atoms with Crippen LogP contribution in [-0.4, -0.2) is 30.1 Å². The fourth-order valence-corrected chi connectivity index (χ4v) is 4.18. The van der Waals surface area contributed by atoms with Gasteiger partial charge in [-0.15, -0.1) is 11.3 Å². The van der Waals surface area contributed by atoms with E-state index < -0.39 is 35.0 Å². The lowest BCUT2D eigenvalue weighted by molar-refractivity contribution is -0.137. The number of alkyl halides is 3. The van der Waals surface area contributed by atoms with Gasteiger partial charge in [-0.2, -0.15) is 22.8 Å². The van der Waals surface area contributed by atoms with Crippen molar-refractivity contribution in [3.8, 4) is 0 Å². The summed E-state index contributed by atoms with van der Waals surface area (Å²) < 4.78 is 54.6. The van der Waals surface area contributed by atoms with Crippen molar-refractivity contribution in [3.05, 3.63) is 51.3 Å². The van der Waals surface area contributed by atoms with Gasteiger partial charge in [-0.25, -0.2) is 14.4 Å². The van der Waals surface area contributed by atoms with Gasteiger partial charge < -0.3 is 5.32 Å². The Morgan fingerprint density at radius 3 is 2.68 bits per heavy atom. The van der Waals surface area contributed by atoms with E-state index in [2.05, 4.69) is 20.4 Å². The Morgan fingerprint density at radius 2 is 2.03 bits per heavy atom. The van der Waals surface area contributed by atoms with Gasteiger partial charge in [0.2, 0.25) is 10.9 Å². The summed E-state index contributed by atoms with van der Waals surface area (Å²) in [5.41, 5.74) is -0.0456. The molecule has 0 aromatic carbocycles. The normalized spacial score (nSPS) is 14.5. The fourth-order valence-electron chi connectivity index (χ4n) is 3.32. The number of amides is 1. The van der Waals surface area contributed by atoms with Gasteiger partial charge >= 0.3 is 6.18 Å². The number of halogens is 4. The smallest absolute Gasteiger partial charge is 0.309 e. The summed E-state index contributed by atoms with van der Waals surface area (Å²) in [6.45, 7) is -0.484. The zero-order chi connectivity index (χ0) is 21.9. The number of anilines is 1. The molecule has 1 aliphatic rings. The fraction of sp³-hybridized carbons (Fsp3) is 0.278. The molecule has 13 heteroatoms. The Labute approximate surface area is 174 Å². The number of hydrogen-bond donors (Lipinski definition) is 1. The maximum atomic E-state index is 13.2. The number of nitrogens with zero attached hydrogens (tertiary/aromatic N) is 5. The molecule has 0 bridgehead atoms. The van der Waals surface area contributed by atoms with Crippen molar-refractivity contribution >= 4 is 39.1 Å². The predicted octanol–water partition coefficient (Wildman–Crippen LogP) is 3.17. The van der Waals surface area contributed by atoms with E-state index in [4.69, 9.17) is 0 Å². The van der Waals surface area contributed by atoms with Crippen LogP contribution in [0.15, 0.2) is 29.3 Å². The summed E-state index contributed by atoms with van der Waals surface area (Å²) in [6.07, 6.45) is -0.599. The largest absolute Gasteiger partial charge is 0.443 e. The van der Waals surface area contributed by atoms with E-state index in [9.17, 15) is 27.2 Å². The minimum absolute atomic E-state index is 0.0737. The number of pyridine rings is 1. The maximum Gasteiger partial charge on any atom is 0.443 e. The first-order valence-electron chi connectivity index (χ1n) is 9.12. The second-order valence-electron chi connectivity index (χ2n) is 7.08. The molecule has 1 fully saturated rings. The Morgan fingerprint density at radius 1 is 1.26 bits per heavy atom. The van der Waals surface area contributed by atoms with Crippen LogP contribution in [0.5, 0.6) is 0 Å². The molecule has 160 valence electrons.